The lowest BCUT2D eigenvalue weighted by Crippen LogP contribution is -2.48. The Balaban J connectivity index is 1.65. The van der Waals surface area contributed by atoms with Crippen LogP contribution in [-0.4, -0.2) is 73.0 Å². The molecule has 0 aromatic heterocycles. The van der Waals surface area contributed by atoms with Gasteiger partial charge in [-0.05, 0) is 63.7 Å². The van der Waals surface area contributed by atoms with Crippen LogP contribution in [0.3, 0.4) is 0 Å². The Labute approximate surface area is 173 Å². The van der Waals surface area contributed by atoms with Crippen LogP contribution in [0.15, 0.2) is 23.2 Å². The summed E-state index contributed by atoms with van der Waals surface area (Å²) in [5, 5.41) is 0. The fourth-order valence-electron chi connectivity index (χ4n) is 4.33. The van der Waals surface area contributed by atoms with Crippen molar-refractivity contribution >= 4 is 11.6 Å². The van der Waals surface area contributed by atoms with Crippen LogP contribution in [0.1, 0.15) is 39.0 Å². The van der Waals surface area contributed by atoms with Crippen molar-refractivity contribution in [2.75, 3.05) is 46.3 Å². The molecule has 1 heterocycles. The number of halogens is 2. The van der Waals surface area contributed by atoms with Gasteiger partial charge < -0.3 is 20.4 Å². The number of aliphatic imine (C=N–C) groups is 1. The van der Waals surface area contributed by atoms with Crippen LogP contribution in [0.5, 0.6) is 0 Å². The molecule has 1 saturated carbocycles. The zero-order chi connectivity index (χ0) is 20.8. The van der Waals surface area contributed by atoms with E-state index in [-0.39, 0.29) is 0 Å². The summed E-state index contributed by atoms with van der Waals surface area (Å²) >= 11 is 0. The zero-order valence-electron chi connectivity index (χ0n) is 17.8. The fraction of sp³-hybridized carbons (Fsp3) is 0.682. The quantitative estimate of drug-likeness (QED) is 0.580. The first kappa shape index (κ1) is 22.0. The van der Waals surface area contributed by atoms with E-state index in [2.05, 4.69) is 33.7 Å². The van der Waals surface area contributed by atoms with Crippen LogP contribution in [0, 0.1) is 17.6 Å². The van der Waals surface area contributed by atoms with Gasteiger partial charge in [-0.15, -0.1) is 0 Å². The topological polar surface area (TPSA) is 48.1 Å². The summed E-state index contributed by atoms with van der Waals surface area (Å²) in [5.74, 6) is -0.600. The van der Waals surface area contributed by atoms with Crippen molar-refractivity contribution in [1.82, 2.24) is 14.7 Å². The van der Waals surface area contributed by atoms with Crippen molar-refractivity contribution in [1.29, 1.82) is 0 Å². The second-order valence-electron chi connectivity index (χ2n) is 8.67. The number of nitrogens with zero attached hydrogens (tertiary/aromatic N) is 4. The second kappa shape index (κ2) is 10.3. The first-order chi connectivity index (χ1) is 13.9. The molecular weight excluding hydrogens is 372 g/mol. The van der Waals surface area contributed by atoms with E-state index in [0.29, 0.717) is 17.7 Å². The molecule has 3 rings (SSSR count). The molecule has 1 aromatic rings. The summed E-state index contributed by atoms with van der Waals surface area (Å²) in [7, 11) is 2.17. The number of hydrogen-bond donors (Lipinski definition) is 1. The second-order valence-corrected chi connectivity index (χ2v) is 8.67. The van der Waals surface area contributed by atoms with Gasteiger partial charge in [-0.2, -0.15) is 0 Å². The molecule has 1 aliphatic heterocycles. The van der Waals surface area contributed by atoms with E-state index in [1.807, 2.05) is 0 Å². The Kier molecular flexibility index (Phi) is 7.84. The molecule has 5 nitrogen and oxygen atoms in total. The maximum absolute atomic E-state index is 13.6. The van der Waals surface area contributed by atoms with Crippen molar-refractivity contribution in [3.8, 4) is 0 Å². The number of likely N-dealkylation sites (N-methyl/N-ethyl adjacent to an activating group) is 1. The van der Waals surface area contributed by atoms with Gasteiger partial charge in [0.15, 0.2) is 17.6 Å². The SMILES string of the molecule is CC1CCC(N(CCCN2CCN(C)CC2)C(N)=Nc2ccc(F)c(F)c2)CC1. The molecule has 0 spiro atoms. The molecule has 1 aliphatic carbocycles. The largest absolute Gasteiger partial charge is 0.369 e. The van der Waals surface area contributed by atoms with Crippen LogP contribution >= 0.6 is 0 Å². The van der Waals surface area contributed by atoms with Crippen LogP contribution in [-0.2, 0) is 0 Å². The molecule has 7 heteroatoms. The van der Waals surface area contributed by atoms with E-state index >= 15 is 0 Å². The minimum Gasteiger partial charge on any atom is -0.369 e. The summed E-state index contributed by atoms with van der Waals surface area (Å²) < 4.78 is 26.8. The summed E-state index contributed by atoms with van der Waals surface area (Å²) in [6.07, 6.45) is 5.60. The van der Waals surface area contributed by atoms with Crippen molar-refractivity contribution in [2.45, 2.75) is 45.1 Å². The normalized spacial score (nSPS) is 24.6. The van der Waals surface area contributed by atoms with Crippen LogP contribution < -0.4 is 5.73 Å². The third-order valence-corrected chi connectivity index (χ3v) is 6.34. The first-order valence-electron chi connectivity index (χ1n) is 10.9. The minimum atomic E-state index is -0.896. The molecule has 2 fully saturated rings. The number of benzene rings is 1. The number of guanidine groups is 1. The molecule has 2 N–H and O–H groups in total. The van der Waals surface area contributed by atoms with E-state index in [4.69, 9.17) is 5.73 Å². The molecule has 1 aromatic carbocycles. The number of nitrogens with two attached hydrogens (primary N) is 1. The minimum absolute atomic E-state index is 0.356. The maximum Gasteiger partial charge on any atom is 0.196 e. The molecule has 0 unspecified atom stereocenters. The maximum atomic E-state index is 13.6. The third kappa shape index (κ3) is 6.37. The number of rotatable bonds is 6. The highest BCUT2D eigenvalue weighted by atomic mass is 19.2. The summed E-state index contributed by atoms with van der Waals surface area (Å²) in [5.41, 5.74) is 6.74. The molecule has 0 bridgehead atoms. The number of hydrogen-bond acceptors (Lipinski definition) is 3. The molecular formula is C22H35F2N5. The monoisotopic (exact) mass is 407 g/mol. The lowest BCUT2D eigenvalue weighted by molar-refractivity contribution is 0.144. The Morgan fingerprint density at radius 1 is 1.10 bits per heavy atom. The lowest BCUT2D eigenvalue weighted by atomic mass is 9.86. The van der Waals surface area contributed by atoms with Crippen molar-refractivity contribution in [3.63, 3.8) is 0 Å². The molecule has 162 valence electrons. The molecule has 1 saturated heterocycles. The highest BCUT2D eigenvalue weighted by molar-refractivity contribution is 5.81. The number of piperazine rings is 1. The Hall–Kier alpha value is -1.73. The van der Waals surface area contributed by atoms with Gasteiger partial charge in [-0.1, -0.05) is 6.92 Å². The van der Waals surface area contributed by atoms with E-state index in [9.17, 15) is 8.78 Å². The predicted molar refractivity (Wildman–Crippen MR) is 114 cm³/mol. The standard InChI is InChI=1S/C22H35F2N5/c1-17-4-7-19(8-5-17)29(11-3-10-28-14-12-27(2)13-15-28)22(25)26-18-6-9-20(23)21(24)16-18/h6,9,16-17,19H,3-5,7-8,10-15H2,1-2H3,(H2,25,26). The van der Waals surface area contributed by atoms with Crippen molar-refractivity contribution in [3.05, 3.63) is 29.8 Å². The predicted octanol–water partition coefficient (Wildman–Crippen LogP) is 3.43. The van der Waals surface area contributed by atoms with Gasteiger partial charge in [-0.25, -0.2) is 13.8 Å². The third-order valence-electron chi connectivity index (χ3n) is 6.34. The van der Waals surface area contributed by atoms with E-state index < -0.39 is 11.6 Å². The Bertz CT molecular complexity index is 680. The van der Waals surface area contributed by atoms with Gasteiger partial charge in [0.1, 0.15) is 0 Å². The van der Waals surface area contributed by atoms with E-state index in [0.717, 1.165) is 76.6 Å². The van der Waals surface area contributed by atoms with Gasteiger partial charge in [-0.3, -0.25) is 0 Å². The molecule has 0 amide bonds. The van der Waals surface area contributed by atoms with Crippen LogP contribution in [0.2, 0.25) is 0 Å². The van der Waals surface area contributed by atoms with Crippen LogP contribution in [0.4, 0.5) is 14.5 Å². The summed E-state index contributed by atoms with van der Waals surface area (Å²) in [6, 6.07) is 4.04. The van der Waals surface area contributed by atoms with Gasteiger partial charge in [0.25, 0.3) is 0 Å². The lowest BCUT2D eigenvalue weighted by Gasteiger charge is -2.38. The molecule has 0 atom stereocenters. The highest BCUT2D eigenvalue weighted by Gasteiger charge is 2.25. The van der Waals surface area contributed by atoms with Gasteiger partial charge in [0, 0.05) is 44.8 Å². The van der Waals surface area contributed by atoms with Gasteiger partial charge in [0.2, 0.25) is 0 Å². The molecule has 29 heavy (non-hydrogen) atoms. The van der Waals surface area contributed by atoms with Crippen molar-refractivity contribution in [2.24, 2.45) is 16.6 Å². The van der Waals surface area contributed by atoms with E-state index in [1.54, 1.807) is 0 Å². The average molecular weight is 408 g/mol. The van der Waals surface area contributed by atoms with Gasteiger partial charge >= 0.3 is 0 Å². The van der Waals surface area contributed by atoms with Crippen LogP contribution in [0.25, 0.3) is 0 Å². The summed E-state index contributed by atoms with van der Waals surface area (Å²) in [4.78, 5) is 11.5. The Morgan fingerprint density at radius 3 is 2.45 bits per heavy atom. The summed E-state index contributed by atoms with van der Waals surface area (Å²) in [6.45, 7) is 8.63. The first-order valence-corrected chi connectivity index (χ1v) is 10.9. The molecule has 2 aliphatic rings. The Morgan fingerprint density at radius 2 is 1.79 bits per heavy atom. The average Bonchev–Trinajstić information content (AvgIpc) is 2.70. The molecule has 0 radical (unpaired) electrons. The fourth-order valence-corrected chi connectivity index (χ4v) is 4.33. The zero-order valence-corrected chi connectivity index (χ0v) is 17.8. The van der Waals surface area contributed by atoms with E-state index in [1.165, 1.54) is 18.9 Å². The smallest absolute Gasteiger partial charge is 0.196 e. The van der Waals surface area contributed by atoms with Crippen molar-refractivity contribution < 1.29 is 8.78 Å². The van der Waals surface area contributed by atoms with Gasteiger partial charge in [0.05, 0.1) is 5.69 Å². The highest BCUT2D eigenvalue weighted by Crippen LogP contribution is 2.28.